The standard InChI is InChI=1S/C21H15ClF3N7O2S/c1-12-6-13(9-26)7-16(35(2)29-11-27)18(12)30-20(33)15-8-17(34-10-21(23,24)25)31-32(15)19-14(22)4-3-5-28-19/h3-8H,10H2,1-2H3,(H,30,33). The van der Waals surface area contributed by atoms with Crippen molar-refractivity contribution >= 4 is 33.9 Å². The van der Waals surface area contributed by atoms with Crippen LogP contribution < -0.4 is 10.1 Å². The zero-order valence-corrected chi connectivity index (χ0v) is 19.7. The SMILES string of the molecule is Cc1cc(C#N)cc(S(C)=NC#N)c1NC(=O)c1cc(OCC(F)(F)F)nn1-c1ncccc1Cl. The summed E-state index contributed by atoms with van der Waals surface area (Å²) in [5.41, 5.74) is 0.883. The number of benzene rings is 1. The average Bonchev–Trinajstić information content (AvgIpc) is 3.23. The van der Waals surface area contributed by atoms with E-state index in [1.807, 2.05) is 6.07 Å². The summed E-state index contributed by atoms with van der Waals surface area (Å²) in [7, 11) is -1.00. The lowest BCUT2D eigenvalue weighted by molar-refractivity contribution is -0.154. The quantitative estimate of drug-likeness (QED) is 0.473. The van der Waals surface area contributed by atoms with Gasteiger partial charge >= 0.3 is 6.18 Å². The number of nitrogens with zero attached hydrogens (tertiary/aromatic N) is 6. The second-order valence-electron chi connectivity index (χ2n) is 6.89. The Hall–Kier alpha value is -3.94. The number of hydrogen-bond donors (Lipinski definition) is 1. The highest BCUT2D eigenvalue weighted by Crippen LogP contribution is 2.29. The first-order chi connectivity index (χ1) is 16.5. The van der Waals surface area contributed by atoms with Crippen LogP contribution >= 0.6 is 11.6 Å². The molecule has 14 heteroatoms. The molecule has 0 fully saturated rings. The second kappa shape index (κ2) is 10.5. The molecule has 0 radical (unpaired) electrons. The topological polar surface area (TPSA) is 129 Å². The number of aryl methyl sites for hydroxylation is 1. The van der Waals surface area contributed by atoms with Crippen LogP contribution in [-0.4, -0.2) is 39.7 Å². The van der Waals surface area contributed by atoms with E-state index in [-0.39, 0.29) is 22.2 Å². The summed E-state index contributed by atoms with van der Waals surface area (Å²) in [6.07, 6.45) is 0.0830. The van der Waals surface area contributed by atoms with Crippen LogP contribution in [0.5, 0.6) is 5.88 Å². The monoisotopic (exact) mass is 521 g/mol. The predicted molar refractivity (Wildman–Crippen MR) is 121 cm³/mol. The molecule has 0 aliphatic heterocycles. The van der Waals surface area contributed by atoms with Crippen molar-refractivity contribution in [3.8, 4) is 24.0 Å². The fourth-order valence-electron chi connectivity index (χ4n) is 2.94. The Morgan fingerprint density at radius 1 is 1.34 bits per heavy atom. The lowest BCUT2D eigenvalue weighted by atomic mass is 10.1. The smallest absolute Gasteiger partial charge is 0.422 e. The molecule has 1 aromatic carbocycles. The van der Waals surface area contributed by atoms with E-state index in [9.17, 15) is 23.2 Å². The maximum Gasteiger partial charge on any atom is 0.422 e. The van der Waals surface area contributed by atoms with Crippen LogP contribution in [-0.2, 0) is 10.7 Å². The van der Waals surface area contributed by atoms with Crippen LogP contribution in [0.25, 0.3) is 5.82 Å². The highest BCUT2D eigenvalue weighted by molar-refractivity contribution is 7.86. The van der Waals surface area contributed by atoms with Crippen molar-refractivity contribution in [3.05, 3.63) is 58.4 Å². The minimum atomic E-state index is -4.62. The first-order valence-corrected chi connectivity index (χ1v) is 11.5. The summed E-state index contributed by atoms with van der Waals surface area (Å²) >= 11 is 6.17. The van der Waals surface area contributed by atoms with Crippen LogP contribution in [0.2, 0.25) is 5.02 Å². The highest BCUT2D eigenvalue weighted by atomic mass is 35.5. The molecule has 1 N–H and O–H groups in total. The summed E-state index contributed by atoms with van der Waals surface area (Å²) in [5.74, 6) is -1.25. The predicted octanol–water partition coefficient (Wildman–Crippen LogP) is 4.57. The van der Waals surface area contributed by atoms with Gasteiger partial charge in [0.1, 0.15) is 5.69 Å². The van der Waals surface area contributed by atoms with Gasteiger partial charge in [-0.15, -0.1) is 9.46 Å². The first-order valence-electron chi connectivity index (χ1n) is 9.56. The van der Waals surface area contributed by atoms with Crippen LogP contribution in [0.4, 0.5) is 18.9 Å². The lowest BCUT2D eigenvalue weighted by Gasteiger charge is -2.15. The number of anilines is 1. The summed E-state index contributed by atoms with van der Waals surface area (Å²) < 4.78 is 47.4. The molecular weight excluding hydrogens is 507 g/mol. The van der Waals surface area contributed by atoms with Crippen molar-refractivity contribution in [2.45, 2.75) is 18.0 Å². The summed E-state index contributed by atoms with van der Waals surface area (Å²) in [4.78, 5) is 17.8. The van der Waals surface area contributed by atoms with E-state index in [1.165, 1.54) is 30.5 Å². The van der Waals surface area contributed by atoms with E-state index in [0.29, 0.717) is 16.0 Å². The number of carbonyl (C=O) groups excluding carboxylic acids is 1. The number of hydrogen-bond acceptors (Lipinski definition) is 7. The number of nitrogens with one attached hydrogen (secondary N) is 1. The van der Waals surface area contributed by atoms with Crippen molar-refractivity contribution in [2.75, 3.05) is 18.2 Å². The molecule has 35 heavy (non-hydrogen) atoms. The number of pyridine rings is 1. The molecular formula is C21H15ClF3N7O2S. The Labute approximate surface area is 204 Å². The maximum absolute atomic E-state index is 13.3. The van der Waals surface area contributed by atoms with Gasteiger partial charge in [-0.2, -0.15) is 23.7 Å². The number of carbonyl (C=O) groups is 1. The molecule has 0 aliphatic carbocycles. The number of nitriles is 2. The molecule has 2 heterocycles. The van der Waals surface area contributed by atoms with Gasteiger partial charge in [0.25, 0.3) is 5.91 Å². The molecule has 0 saturated heterocycles. The number of ether oxygens (including phenoxy) is 1. The molecule has 3 aromatic rings. The van der Waals surface area contributed by atoms with E-state index < -0.39 is 35.3 Å². The largest absolute Gasteiger partial charge is 0.467 e. The van der Waals surface area contributed by atoms with Gasteiger partial charge in [0, 0.05) is 17.2 Å². The van der Waals surface area contributed by atoms with E-state index in [2.05, 4.69) is 19.8 Å². The normalized spacial score (nSPS) is 12.0. The molecule has 180 valence electrons. The summed E-state index contributed by atoms with van der Waals surface area (Å²) in [6, 6.07) is 9.06. The van der Waals surface area contributed by atoms with Crippen molar-refractivity contribution in [2.24, 2.45) is 4.36 Å². The third kappa shape index (κ3) is 6.15. The molecule has 1 atom stereocenters. The van der Waals surface area contributed by atoms with Crippen molar-refractivity contribution in [1.29, 1.82) is 10.5 Å². The third-order valence-corrected chi connectivity index (χ3v) is 6.01. The summed E-state index contributed by atoms with van der Waals surface area (Å²) in [5, 5.41) is 24.9. The zero-order valence-electron chi connectivity index (χ0n) is 18.1. The van der Waals surface area contributed by atoms with Gasteiger partial charge < -0.3 is 10.1 Å². The minimum absolute atomic E-state index is 0.00678. The first kappa shape index (κ1) is 25.7. The molecule has 2 aromatic heterocycles. The molecule has 0 spiro atoms. The van der Waals surface area contributed by atoms with Crippen molar-refractivity contribution < 1.29 is 22.7 Å². The number of amides is 1. The van der Waals surface area contributed by atoms with Crippen LogP contribution in [0.1, 0.15) is 21.6 Å². The Morgan fingerprint density at radius 3 is 2.71 bits per heavy atom. The maximum atomic E-state index is 13.3. The molecule has 0 aliphatic rings. The average molecular weight is 522 g/mol. The van der Waals surface area contributed by atoms with Crippen LogP contribution in [0.15, 0.2) is 45.8 Å². The van der Waals surface area contributed by atoms with Crippen molar-refractivity contribution in [1.82, 2.24) is 14.8 Å². The summed E-state index contributed by atoms with van der Waals surface area (Å²) in [6.45, 7) is 0.0303. The molecule has 1 amide bonds. The Balaban J connectivity index is 2.09. The highest BCUT2D eigenvalue weighted by Gasteiger charge is 2.30. The third-order valence-electron chi connectivity index (χ3n) is 4.41. The van der Waals surface area contributed by atoms with Crippen LogP contribution in [0.3, 0.4) is 0 Å². The van der Waals surface area contributed by atoms with Gasteiger partial charge in [-0.3, -0.25) is 4.79 Å². The Kier molecular flexibility index (Phi) is 7.74. The zero-order chi connectivity index (χ0) is 25.8. The van der Waals surface area contributed by atoms with Crippen LogP contribution in [0, 0.1) is 29.7 Å². The molecule has 0 bridgehead atoms. The number of aromatic nitrogens is 3. The number of halogens is 4. The van der Waals surface area contributed by atoms with E-state index in [4.69, 9.17) is 21.6 Å². The number of alkyl halides is 3. The van der Waals surface area contributed by atoms with Gasteiger partial charge in [-0.25, -0.2) is 9.67 Å². The van der Waals surface area contributed by atoms with Gasteiger partial charge in [-0.05, 0) is 43.0 Å². The Bertz CT molecular complexity index is 1410. The van der Waals surface area contributed by atoms with Gasteiger partial charge in [0.2, 0.25) is 12.1 Å². The Morgan fingerprint density at radius 2 is 2.09 bits per heavy atom. The lowest BCUT2D eigenvalue weighted by Crippen LogP contribution is -2.19. The van der Waals surface area contributed by atoms with Gasteiger partial charge in [0.05, 0.1) is 22.3 Å². The molecule has 3 rings (SSSR count). The van der Waals surface area contributed by atoms with Gasteiger partial charge in [-0.1, -0.05) is 22.3 Å². The van der Waals surface area contributed by atoms with Gasteiger partial charge in [0.15, 0.2) is 12.4 Å². The van der Waals surface area contributed by atoms with Crippen molar-refractivity contribution in [3.63, 3.8) is 0 Å². The fourth-order valence-corrected chi connectivity index (χ4v) is 4.17. The molecule has 9 nitrogen and oxygen atoms in total. The van der Waals surface area contributed by atoms with E-state index in [0.717, 1.165) is 10.7 Å². The fraction of sp³-hybridized carbons (Fsp3) is 0.190. The minimum Gasteiger partial charge on any atom is -0.467 e. The molecule has 1 unspecified atom stereocenters. The second-order valence-corrected chi connectivity index (χ2v) is 8.88. The molecule has 0 saturated carbocycles. The number of rotatable bonds is 6. The van der Waals surface area contributed by atoms with E-state index >= 15 is 0 Å². The van der Waals surface area contributed by atoms with E-state index in [1.54, 1.807) is 19.4 Å².